The van der Waals surface area contributed by atoms with Crippen LogP contribution in [0, 0.1) is 10.1 Å². The molecule has 0 aliphatic heterocycles. The van der Waals surface area contributed by atoms with Crippen LogP contribution in [-0.2, 0) is 18.4 Å². The van der Waals surface area contributed by atoms with Crippen molar-refractivity contribution in [1.29, 1.82) is 0 Å². The highest BCUT2D eigenvalue weighted by molar-refractivity contribution is 7.99. The molecule has 2 aromatic carbocycles. The van der Waals surface area contributed by atoms with Crippen LogP contribution in [0.25, 0.3) is 0 Å². The molecular weight excluding hydrogens is 394 g/mol. The first kappa shape index (κ1) is 18.8. The van der Waals surface area contributed by atoms with Crippen molar-refractivity contribution < 1.29 is 14.5 Å². The van der Waals surface area contributed by atoms with Gasteiger partial charge >= 0.3 is 5.97 Å². The van der Waals surface area contributed by atoms with Crippen LogP contribution < -0.4 is 0 Å². The summed E-state index contributed by atoms with van der Waals surface area (Å²) in [7, 11) is 1.64. The summed E-state index contributed by atoms with van der Waals surface area (Å²) >= 11 is 7.15. The summed E-state index contributed by atoms with van der Waals surface area (Å²) in [6.45, 7) is -0.0587. The van der Waals surface area contributed by atoms with Gasteiger partial charge in [0.15, 0.2) is 0 Å². The maximum Gasteiger partial charge on any atom is 0.339 e. The number of aromatic nitrogens is 4. The molecule has 0 radical (unpaired) electrons. The van der Waals surface area contributed by atoms with Crippen molar-refractivity contribution >= 4 is 35.0 Å². The molecule has 3 aromatic rings. The van der Waals surface area contributed by atoms with Crippen molar-refractivity contribution in [2.45, 2.75) is 16.7 Å². The number of carbonyl (C=O) groups excluding carboxylic acids is 1. The second kappa shape index (κ2) is 8.14. The summed E-state index contributed by atoms with van der Waals surface area (Å²) in [6.07, 6.45) is 0. The molecule has 0 saturated carbocycles. The predicted octanol–water partition coefficient (Wildman–Crippen LogP) is 3.28. The highest BCUT2D eigenvalue weighted by Crippen LogP contribution is 2.31. The van der Waals surface area contributed by atoms with Gasteiger partial charge in [-0.2, -0.15) is 0 Å². The lowest BCUT2D eigenvalue weighted by molar-refractivity contribution is -0.384. The molecule has 27 heavy (non-hydrogen) atoms. The normalized spacial score (nSPS) is 10.6. The molecule has 0 amide bonds. The van der Waals surface area contributed by atoms with Crippen LogP contribution in [0.1, 0.15) is 15.9 Å². The predicted molar refractivity (Wildman–Crippen MR) is 96.6 cm³/mol. The number of ether oxygens (including phenoxy) is 1. The monoisotopic (exact) mass is 405 g/mol. The van der Waals surface area contributed by atoms with Crippen LogP contribution in [0.5, 0.6) is 0 Å². The number of tetrazole rings is 1. The van der Waals surface area contributed by atoms with Crippen molar-refractivity contribution in [3.8, 4) is 0 Å². The number of non-ortho nitro benzene ring substituents is 1. The van der Waals surface area contributed by atoms with Gasteiger partial charge in [0.1, 0.15) is 6.61 Å². The second-order valence-corrected chi connectivity index (χ2v) is 6.71. The van der Waals surface area contributed by atoms with Gasteiger partial charge in [-0.15, -0.1) is 5.10 Å². The topological polar surface area (TPSA) is 113 Å². The first-order valence-electron chi connectivity index (χ1n) is 7.55. The Labute approximate surface area is 162 Å². The average molecular weight is 406 g/mol. The molecule has 1 heterocycles. The Morgan fingerprint density at radius 2 is 2.11 bits per heavy atom. The van der Waals surface area contributed by atoms with E-state index < -0.39 is 10.9 Å². The standard InChI is InChI=1S/C16H12ClN5O4S/c1-21-16(18-19-20-21)27-14-7-6-11(22(24)25)8-12(14)15(23)26-9-10-4-2-3-5-13(10)17/h2-8H,9H2,1H3. The molecule has 0 unspecified atom stereocenters. The molecule has 11 heteroatoms. The third-order valence-electron chi connectivity index (χ3n) is 3.49. The van der Waals surface area contributed by atoms with E-state index in [2.05, 4.69) is 15.5 Å². The van der Waals surface area contributed by atoms with Gasteiger partial charge in [-0.3, -0.25) is 10.1 Å². The van der Waals surface area contributed by atoms with Gasteiger partial charge < -0.3 is 4.74 Å². The Hall–Kier alpha value is -2.98. The van der Waals surface area contributed by atoms with Gasteiger partial charge in [0.2, 0.25) is 5.16 Å². The fraction of sp³-hybridized carbons (Fsp3) is 0.125. The fourth-order valence-corrected chi connectivity index (χ4v) is 3.14. The van der Waals surface area contributed by atoms with Gasteiger partial charge in [0.25, 0.3) is 5.69 Å². The smallest absolute Gasteiger partial charge is 0.339 e. The fourth-order valence-electron chi connectivity index (χ4n) is 2.12. The summed E-state index contributed by atoms with van der Waals surface area (Å²) in [5, 5.41) is 23.0. The summed E-state index contributed by atoms with van der Waals surface area (Å²) in [5.41, 5.74) is 0.453. The molecule has 0 spiro atoms. The zero-order valence-corrected chi connectivity index (χ0v) is 15.5. The van der Waals surface area contributed by atoms with Crippen molar-refractivity contribution in [1.82, 2.24) is 20.2 Å². The molecule has 0 saturated heterocycles. The van der Waals surface area contributed by atoms with Crippen LogP contribution in [0.15, 0.2) is 52.5 Å². The molecule has 9 nitrogen and oxygen atoms in total. The van der Waals surface area contributed by atoms with E-state index in [1.54, 1.807) is 31.3 Å². The minimum Gasteiger partial charge on any atom is -0.457 e. The lowest BCUT2D eigenvalue weighted by Gasteiger charge is -2.10. The third-order valence-corrected chi connectivity index (χ3v) is 4.97. The molecule has 0 N–H and O–H groups in total. The number of halogens is 1. The summed E-state index contributed by atoms with van der Waals surface area (Å²) < 4.78 is 6.72. The molecule has 0 fully saturated rings. The molecule has 0 aliphatic carbocycles. The number of nitro benzene ring substituents is 1. The van der Waals surface area contributed by atoms with Gasteiger partial charge in [-0.1, -0.05) is 29.8 Å². The van der Waals surface area contributed by atoms with E-state index in [1.807, 2.05) is 0 Å². The van der Waals surface area contributed by atoms with Crippen LogP contribution in [0.3, 0.4) is 0 Å². The zero-order valence-electron chi connectivity index (χ0n) is 13.9. The summed E-state index contributed by atoms with van der Waals surface area (Å²) in [6, 6.07) is 10.9. The molecule has 1 aromatic heterocycles. The molecule has 0 bridgehead atoms. The van der Waals surface area contributed by atoms with Crippen LogP contribution in [-0.4, -0.2) is 31.1 Å². The van der Waals surface area contributed by atoms with E-state index in [-0.39, 0.29) is 17.9 Å². The Bertz CT molecular complexity index is 1010. The molecule has 0 atom stereocenters. The number of aryl methyl sites for hydroxylation is 1. The van der Waals surface area contributed by atoms with Gasteiger partial charge in [-0.25, -0.2) is 9.48 Å². The number of esters is 1. The number of carbonyl (C=O) groups is 1. The molecule has 138 valence electrons. The van der Waals surface area contributed by atoms with Crippen molar-refractivity contribution in [2.75, 3.05) is 0 Å². The van der Waals surface area contributed by atoms with Crippen LogP contribution in [0.4, 0.5) is 5.69 Å². The maximum absolute atomic E-state index is 12.6. The third kappa shape index (κ3) is 4.41. The van der Waals surface area contributed by atoms with E-state index in [9.17, 15) is 14.9 Å². The Balaban J connectivity index is 1.87. The van der Waals surface area contributed by atoms with E-state index in [1.165, 1.54) is 22.9 Å². The van der Waals surface area contributed by atoms with E-state index in [0.717, 1.165) is 11.8 Å². The number of rotatable bonds is 6. The molecule has 3 rings (SSSR count). The molecular formula is C16H12ClN5O4S. The highest BCUT2D eigenvalue weighted by Gasteiger charge is 2.20. The number of benzene rings is 2. The Kier molecular flexibility index (Phi) is 5.67. The van der Waals surface area contributed by atoms with Gasteiger partial charge in [0, 0.05) is 34.7 Å². The number of hydrogen-bond donors (Lipinski definition) is 0. The Morgan fingerprint density at radius 1 is 1.33 bits per heavy atom. The summed E-state index contributed by atoms with van der Waals surface area (Å²) in [5.74, 6) is -0.712. The van der Waals surface area contributed by atoms with Crippen molar-refractivity contribution in [2.24, 2.45) is 7.05 Å². The minimum absolute atomic E-state index is 0.0456. The SMILES string of the molecule is Cn1nnnc1Sc1ccc([N+](=O)[O-])cc1C(=O)OCc1ccccc1Cl. The lowest BCUT2D eigenvalue weighted by Crippen LogP contribution is -2.08. The number of nitro groups is 1. The lowest BCUT2D eigenvalue weighted by atomic mass is 10.2. The number of nitrogens with zero attached hydrogens (tertiary/aromatic N) is 5. The number of hydrogen-bond acceptors (Lipinski definition) is 8. The first-order valence-corrected chi connectivity index (χ1v) is 8.74. The average Bonchev–Trinajstić information content (AvgIpc) is 3.05. The largest absolute Gasteiger partial charge is 0.457 e. The summed E-state index contributed by atoms with van der Waals surface area (Å²) in [4.78, 5) is 23.5. The van der Waals surface area contributed by atoms with Crippen molar-refractivity contribution in [3.05, 3.63) is 68.7 Å². The van der Waals surface area contributed by atoms with E-state index >= 15 is 0 Å². The first-order chi connectivity index (χ1) is 13.0. The zero-order chi connectivity index (χ0) is 19.4. The molecule has 0 aliphatic rings. The maximum atomic E-state index is 12.6. The quantitative estimate of drug-likeness (QED) is 0.348. The minimum atomic E-state index is -0.712. The van der Waals surface area contributed by atoms with Crippen LogP contribution in [0.2, 0.25) is 5.02 Å². The van der Waals surface area contributed by atoms with Gasteiger partial charge in [-0.05, 0) is 34.3 Å². The Morgan fingerprint density at radius 3 is 2.78 bits per heavy atom. The van der Waals surface area contributed by atoms with E-state index in [0.29, 0.717) is 20.6 Å². The second-order valence-electron chi connectivity index (χ2n) is 5.29. The van der Waals surface area contributed by atoms with Gasteiger partial charge in [0.05, 0.1) is 10.5 Å². The van der Waals surface area contributed by atoms with E-state index in [4.69, 9.17) is 16.3 Å². The van der Waals surface area contributed by atoms with Crippen LogP contribution >= 0.6 is 23.4 Å². The van der Waals surface area contributed by atoms with Crippen molar-refractivity contribution in [3.63, 3.8) is 0 Å². The highest BCUT2D eigenvalue weighted by atomic mass is 35.5.